The quantitative estimate of drug-likeness (QED) is 0.643. The van der Waals surface area contributed by atoms with Crippen LogP contribution in [0.1, 0.15) is 28.6 Å². The van der Waals surface area contributed by atoms with Crippen molar-refractivity contribution in [3.8, 4) is 0 Å². The Balaban J connectivity index is 1.74. The van der Waals surface area contributed by atoms with Crippen molar-refractivity contribution in [3.63, 3.8) is 0 Å². The van der Waals surface area contributed by atoms with E-state index in [1.807, 2.05) is 12.1 Å². The third-order valence-corrected chi connectivity index (χ3v) is 4.26. The summed E-state index contributed by atoms with van der Waals surface area (Å²) in [5.74, 6) is -1.81. The molecular formula is C21H20FNO5. The van der Waals surface area contributed by atoms with Crippen LogP contribution in [0.3, 0.4) is 0 Å². The first-order valence-electron chi connectivity index (χ1n) is 8.68. The Labute approximate surface area is 161 Å². The Kier molecular flexibility index (Phi) is 5.75. The average molecular weight is 385 g/mol. The van der Waals surface area contributed by atoms with Gasteiger partial charge in [0.2, 0.25) is 5.76 Å². The molecule has 6 nitrogen and oxygen atoms in total. The number of carbonyl (C=O) groups excluding carboxylic acids is 2. The van der Waals surface area contributed by atoms with E-state index in [0.717, 1.165) is 5.39 Å². The van der Waals surface area contributed by atoms with Crippen molar-refractivity contribution in [3.05, 3.63) is 65.2 Å². The first-order chi connectivity index (χ1) is 13.4. The van der Waals surface area contributed by atoms with Crippen LogP contribution in [0.15, 0.2) is 46.9 Å². The number of aryl methyl sites for hydroxylation is 1. The summed E-state index contributed by atoms with van der Waals surface area (Å²) < 4.78 is 29.6. The molecule has 0 bridgehead atoms. The van der Waals surface area contributed by atoms with Gasteiger partial charge in [-0.15, -0.1) is 0 Å². The van der Waals surface area contributed by atoms with Crippen LogP contribution in [0, 0.1) is 12.7 Å². The number of para-hydroxylation sites is 1. The summed E-state index contributed by atoms with van der Waals surface area (Å²) in [5.41, 5.74) is 1.82. The first-order valence-corrected chi connectivity index (χ1v) is 8.68. The van der Waals surface area contributed by atoms with E-state index in [-0.39, 0.29) is 18.1 Å². The van der Waals surface area contributed by atoms with E-state index in [2.05, 4.69) is 5.32 Å². The van der Waals surface area contributed by atoms with Crippen LogP contribution in [-0.4, -0.2) is 25.1 Å². The molecule has 0 aliphatic heterocycles. The van der Waals surface area contributed by atoms with E-state index in [1.165, 1.54) is 20.1 Å². The summed E-state index contributed by atoms with van der Waals surface area (Å²) in [7, 11) is 1.51. The molecule has 2 aromatic carbocycles. The van der Waals surface area contributed by atoms with Crippen molar-refractivity contribution in [2.45, 2.75) is 26.6 Å². The van der Waals surface area contributed by atoms with Gasteiger partial charge in [0.1, 0.15) is 11.4 Å². The van der Waals surface area contributed by atoms with Crippen LogP contribution in [0.5, 0.6) is 0 Å². The Morgan fingerprint density at radius 1 is 1.21 bits per heavy atom. The SMILES string of the molecule is COCc1c(C(=O)OC(C)C(=O)Nc2ccc(C)c(F)c2)oc2ccccc12. The van der Waals surface area contributed by atoms with E-state index < -0.39 is 23.8 Å². The molecule has 0 aliphatic carbocycles. The van der Waals surface area contributed by atoms with Gasteiger partial charge in [0.15, 0.2) is 6.10 Å². The minimum absolute atomic E-state index is 0.0101. The Hall–Kier alpha value is -3.19. The number of halogens is 1. The maximum Gasteiger partial charge on any atom is 0.375 e. The molecule has 1 heterocycles. The number of nitrogens with one attached hydrogen (secondary N) is 1. The predicted octanol–water partition coefficient (Wildman–Crippen LogP) is 4.21. The van der Waals surface area contributed by atoms with E-state index in [4.69, 9.17) is 13.9 Å². The maximum atomic E-state index is 13.6. The van der Waals surface area contributed by atoms with Crippen molar-refractivity contribution in [1.29, 1.82) is 0 Å². The van der Waals surface area contributed by atoms with Gasteiger partial charge >= 0.3 is 5.97 Å². The molecular weight excluding hydrogens is 365 g/mol. The third kappa shape index (κ3) is 4.04. The molecule has 0 radical (unpaired) electrons. The molecule has 0 saturated heterocycles. The lowest BCUT2D eigenvalue weighted by Gasteiger charge is -2.13. The smallest absolute Gasteiger partial charge is 0.375 e. The molecule has 3 rings (SSSR count). The number of rotatable bonds is 6. The number of hydrogen-bond donors (Lipinski definition) is 1. The number of anilines is 1. The fourth-order valence-corrected chi connectivity index (χ4v) is 2.73. The topological polar surface area (TPSA) is 77.8 Å². The number of methoxy groups -OCH3 is 1. The highest BCUT2D eigenvalue weighted by Gasteiger charge is 2.26. The van der Waals surface area contributed by atoms with Crippen molar-refractivity contribution >= 4 is 28.5 Å². The Morgan fingerprint density at radius 3 is 2.68 bits per heavy atom. The average Bonchev–Trinajstić information content (AvgIpc) is 3.04. The van der Waals surface area contributed by atoms with Gasteiger partial charge in [0, 0.05) is 23.7 Å². The van der Waals surface area contributed by atoms with E-state index in [1.54, 1.807) is 31.2 Å². The molecule has 1 unspecified atom stereocenters. The summed E-state index contributed by atoms with van der Waals surface area (Å²) >= 11 is 0. The highest BCUT2D eigenvalue weighted by atomic mass is 19.1. The number of ether oxygens (including phenoxy) is 2. The highest BCUT2D eigenvalue weighted by molar-refractivity contribution is 5.99. The molecule has 28 heavy (non-hydrogen) atoms. The molecule has 146 valence electrons. The van der Waals surface area contributed by atoms with Crippen LogP contribution in [0.2, 0.25) is 0 Å². The maximum absolute atomic E-state index is 13.6. The largest absolute Gasteiger partial charge is 0.449 e. The molecule has 0 saturated carbocycles. The molecule has 0 spiro atoms. The number of furan rings is 1. The second-order valence-electron chi connectivity index (χ2n) is 6.34. The molecule has 3 aromatic rings. The van der Waals surface area contributed by atoms with E-state index >= 15 is 0 Å². The van der Waals surface area contributed by atoms with Crippen LogP contribution in [0.25, 0.3) is 11.0 Å². The Morgan fingerprint density at radius 2 is 1.96 bits per heavy atom. The monoisotopic (exact) mass is 385 g/mol. The number of esters is 1. The van der Waals surface area contributed by atoms with Crippen LogP contribution >= 0.6 is 0 Å². The number of amides is 1. The molecule has 1 amide bonds. The van der Waals surface area contributed by atoms with Crippen LogP contribution in [-0.2, 0) is 20.9 Å². The first kappa shape index (κ1) is 19.6. The second kappa shape index (κ2) is 8.22. The summed E-state index contributed by atoms with van der Waals surface area (Å²) in [6, 6.07) is 11.5. The van der Waals surface area contributed by atoms with E-state index in [9.17, 15) is 14.0 Å². The van der Waals surface area contributed by atoms with Crippen molar-refractivity contribution in [2.24, 2.45) is 0 Å². The zero-order chi connectivity index (χ0) is 20.3. The van der Waals surface area contributed by atoms with Crippen LogP contribution < -0.4 is 5.32 Å². The van der Waals surface area contributed by atoms with Gasteiger partial charge in [-0.3, -0.25) is 4.79 Å². The van der Waals surface area contributed by atoms with Gasteiger partial charge < -0.3 is 19.2 Å². The number of hydrogen-bond acceptors (Lipinski definition) is 5. The minimum Gasteiger partial charge on any atom is -0.449 e. The van der Waals surface area contributed by atoms with Crippen molar-refractivity contribution < 1.29 is 27.9 Å². The van der Waals surface area contributed by atoms with Gasteiger partial charge in [-0.2, -0.15) is 0 Å². The normalized spacial score (nSPS) is 12.0. The van der Waals surface area contributed by atoms with Gasteiger partial charge in [-0.25, -0.2) is 9.18 Å². The second-order valence-corrected chi connectivity index (χ2v) is 6.34. The van der Waals surface area contributed by atoms with Crippen LogP contribution in [0.4, 0.5) is 10.1 Å². The third-order valence-electron chi connectivity index (χ3n) is 4.26. The minimum atomic E-state index is -1.11. The molecule has 1 aromatic heterocycles. The van der Waals surface area contributed by atoms with Crippen molar-refractivity contribution in [1.82, 2.24) is 0 Å². The fraction of sp³-hybridized carbons (Fsp3) is 0.238. The van der Waals surface area contributed by atoms with E-state index in [0.29, 0.717) is 16.7 Å². The fourth-order valence-electron chi connectivity index (χ4n) is 2.73. The molecule has 1 atom stereocenters. The number of carbonyl (C=O) groups is 2. The number of benzene rings is 2. The summed E-state index contributed by atoms with van der Waals surface area (Å²) in [4.78, 5) is 24.9. The van der Waals surface area contributed by atoms with Gasteiger partial charge in [0.05, 0.1) is 6.61 Å². The zero-order valence-corrected chi connectivity index (χ0v) is 15.7. The summed E-state index contributed by atoms with van der Waals surface area (Å²) in [5, 5.41) is 3.26. The lowest BCUT2D eigenvalue weighted by molar-refractivity contribution is -0.123. The summed E-state index contributed by atoms with van der Waals surface area (Å²) in [6.07, 6.45) is -1.11. The molecule has 7 heteroatoms. The molecule has 1 N–H and O–H groups in total. The predicted molar refractivity (Wildman–Crippen MR) is 102 cm³/mol. The highest BCUT2D eigenvalue weighted by Crippen LogP contribution is 2.27. The lowest BCUT2D eigenvalue weighted by Crippen LogP contribution is -2.30. The van der Waals surface area contributed by atoms with Gasteiger partial charge in [-0.1, -0.05) is 24.3 Å². The van der Waals surface area contributed by atoms with Gasteiger partial charge in [0.25, 0.3) is 5.91 Å². The van der Waals surface area contributed by atoms with Gasteiger partial charge in [-0.05, 0) is 37.6 Å². The lowest BCUT2D eigenvalue weighted by atomic mass is 10.1. The molecule has 0 aliphatic rings. The molecule has 0 fully saturated rings. The summed E-state index contributed by atoms with van der Waals surface area (Å²) in [6.45, 7) is 3.21. The standard InChI is InChI=1S/C21H20FNO5/c1-12-8-9-14(10-17(12)22)23-20(24)13(2)27-21(25)19-16(11-26-3)15-6-4-5-7-18(15)28-19/h4-10,13H,11H2,1-3H3,(H,23,24). The Bertz CT molecular complexity index is 1030. The zero-order valence-electron chi connectivity index (χ0n) is 15.7. The van der Waals surface area contributed by atoms with Crippen molar-refractivity contribution in [2.75, 3.05) is 12.4 Å². The number of fused-ring (bicyclic) bond motifs is 1.